The van der Waals surface area contributed by atoms with E-state index in [4.69, 9.17) is 18.5 Å². The Labute approximate surface area is 357 Å². The summed E-state index contributed by atoms with van der Waals surface area (Å²) in [7, 11) is -4.66. The van der Waals surface area contributed by atoms with Gasteiger partial charge in [-0.05, 0) is 77.0 Å². The van der Waals surface area contributed by atoms with E-state index in [9.17, 15) is 29.3 Å². The molecule has 11 heteroatoms. The molecule has 0 bridgehead atoms. The summed E-state index contributed by atoms with van der Waals surface area (Å²) in [6.45, 7) is 1.87. The first-order chi connectivity index (χ1) is 28.8. The van der Waals surface area contributed by atoms with Crippen LogP contribution < -0.4 is 0 Å². The Hall–Kier alpha value is -3.11. The number of aliphatic hydroxyl groups is 2. The van der Waals surface area contributed by atoms with Crippen molar-refractivity contribution < 1.29 is 47.8 Å². The van der Waals surface area contributed by atoms with Crippen LogP contribution in [0.5, 0.6) is 0 Å². The molecule has 59 heavy (non-hydrogen) atoms. The van der Waals surface area contributed by atoms with E-state index < -0.39 is 58.4 Å². The second kappa shape index (κ2) is 43.0. The number of rotatable bonds is 40. The van der Waals surface area contributed by atoms with Crippen LogP contribution >= 0.6 is 7.82 Å². The minimum atomic E-state index is -4.66. The van der Waals surface area contributed by atoms with Gasteiger partial charge in [0.05, 0.1) is 26.4 Å². The van der Waals surface area contributed by atoms with Crippen molar-refractivity contribution >= 4 is 19.8 Å². The van der Waals surface area contributed by atoms with Gasteiger partial charge in [-0.15, -0.1) is 0 Å². The largest absolute Gasteiger partial charge is 0.472 e. The van der Waals surface area contributed by atoms with Crippen molar-refractivity contribution in [3.63, 3.8) is 0 Å². The van der Waals surface area contributed by atoms with Crippen LogP contribution in [0, 0.1) is 0 Å². The standard InChI is InChI=1S/C48H79O10P/c1-3-5-7-9-11-13-15-17-18-19-20-21-22-23-24-25-26-28-30-32-34-36-38-40-48(52)58-46(42-50)44-56-59(53,54)55-43-45(41-49)57-47(51)39-37-35-33-31-29-27-16-14-12-10-8-6-4-2/h5-8,11-14,17-18,20-21,27,29,33,35,45-46,49-50H,3-4,9-10,15-16,19,22-26,28,30-32,34,36-44H2,1-2H3,(H,53,54)/b7-5-,8-6-,13-11-,14-12-,18-17-,21-20-,29-27-,35-33-. The predicted octanol–water partition coefficient (Wildman–Crippen LogP) is 12.0. The quantitative estimate of drug-likeness (QED) is 0.0235. The Bertz CT molecular complexity index is 1300. The Balaban J connectivity index is 3.95. The number of hydrogen-bond acceptors (Lipinski definition) is 9. The smallest absolute Gasteiger partial charge is 0.457 e. The van der Waals surface area contributed by atoms with E-state index in [1.807, 2.05) is 18.2 Å². The highest BCUT2D eigenvalue weighted by molar-refractivity contribution is 7.47. The second-order valence-corrected chi connectivity index (χ2v) is 15.7. The lowest BCUT2D eigenvalue weighted by Gasteiger charge is -2.20. The second-order valence-electron chi connectivity index (χ2n) is 14.3. The van der Waals surface area contributed by atoms with Gasteiger partial charge in [-0.1, -0.05) is 162 Å². The number of ether oxygens (including phenoxy) is 2. The minimum absolute atomic E-state index is 0.0660. The van der Waals surface area contributed by atoms with Gasteiger partial charge in [0.25, 0.3) is 0 Å². The van der Waals surface area contributed by atoms with Gasteiger partial charge in [-0.3, -0.25) is 18.6 Å². The van der Waals surface area contributed by atoms with Gasteiger partial charge in [0.1, 0.15) is 12.2 Å². The summed E-state index contributed by atoms with van der Waals surface area (Å²) in [5, 5.41) is 19.2. The van der Waals surface area contributed by atoms with Crippen LogP contribution in [-0.2, 0) is 32.7 Å². The van der Waals surface area contributed by atoms with E-state index in [0.717, 1.165) is 77.0 Å². The maximum absolute atomic E-state index is 12.4. The molecule has 0 spiro atoms. The van der Waals surface area contributed by atoms with Gasteiger partial charge in [-0.2, -0.15) is 0 Å². The molecule has 0 amide bonds. The van der Waals surface area contributed by atoms with Crippen LogP contribution in [-0.4, -0.2) is 65.7 Å². The molecule has 3 atom stereocenters. The summed E-state index contributed by atoms with van der Waals surface area (Å²) in [5.41, 5.74) is 0. The summed E-state index contributed by atoms with van der Waals surface area (Å²) in [4.78, 5) is 34.5. The first-order valence-corrected chi connectivity index (χ1v) is 23.7. The topological polar surface area (TPSA) is 149 Å². The molecule has 0 aromatic carbocycles. The molecule has 0 aliphatic carbocycles. The highest BCUT2D eigenvalue weighted by Crippen LogP contribution is 2.43. The third-order valence-electron chi connectivity index (χ3n) is 8.81. The molecule has 0 saturated heterocycles. The molecular formula is C48H79O10P. The maximum atomic E-state index is 12.4. The third-order valence-corrected chi connectivity index (χ3v) is 9.76. The molecule has 0 aliphatic heterocycles. The fraction of sp³-hybridized carbons (Fsp3) is 0.625. The monoisotopic (exact) mass is 847 g/mol. The zero-order chi connectivity index (χ0) is 43.3. The molecular weight excluding hydrogens is 767 g/mol. The number of phosphoric ester groups is 1. The van der Waals surface area contributed by atoms with Crippen LogP contribution in [0.2, 0.25) is 0 Å². The lowest BCUT2D eigenvalue weighted by Crippen LogP contribution is -2.28. The zero-order valence-electron chi connectivity index (χ0n) is 36.4. The summed E-state index contributed by atoms with van der Waals surface area (Å²) in [6.07, 6.45) is 52.6. The normalized spacial score (nSPS) is 14.7. The van der Waals surface area contributed by atoms with Crippen LogP contribution in [0.15, 0.2) is 97.2 Å². The average molecular weight is 847 g/mol. The van der Waals surface area contributed by atoms with E-state index in [2.05, 4.69) is 92.8 Å². The number of hydrogen-bond donors (Lipinski definition) is 3. The Morgan fingerprint density at radius 1 is 0.458 bits per heavy atom. The fourth-order valence-corrected chi connectivity index (χ4v) is 6.26. The van der Waals surface area contributed by atoms with Crippen molar-refractivity contribution in [2.75, 3.05) is 26.4 Å². The molecule has 0 fully saturated rings. The van der Waals surface area contributed by atoms with Crippen molar-refractivity contribution in [2.45, 2.75) is 167 Å². The number of carbonyl (C=O) groups excluding carboxylic acids is 2. The first-order valence-electron chi connectivity index (χ1n) is 22.2. The minimum Gasteiger partial charge on any atom is -0.457 e. The van der Waals surface area contributed by atoms with Crippen LogP contribution in [0.4, 0.5) is 0 Å². The van der Waals surface area contributed by atoms with Crippen molar-refractivity contribution in [1.29, 1.82) is 0 Å². The maximum Gasteiger partial charge on any atom is 0.472 e. The molecule has 3 unspecified atom stereocenters. The van der Waals surface area contributed by atoms with Crippen molar-refractivity contribution in [3.8, 4) is 0 Å². The Morgan fingerprint density at radius 3 is 1.17 bits per heavy atom. The zero-order valence-corrected chi connectivity index (χ0v) is 37.3. The molecule has 0 heterocycles. The first kappa shape index (κ1) is 55.9. The van der Waals surface area contributed by atoms with Gasteiger partial charge in [-0.25, -0.2) is 4.57 Å². The Kier molecular flexibility index (Phi) is 40.7. The molecule has 10 nitrogen and oxygen atoms in total. The van der Waals surface area contributed by atoms with Crippen molar-refractivity contribution in [1.82, 2.24) is 0 Å². The van der Waals surface area contributed by atoms with Crippen molar-refractivity contribution in [2.24, 2.45) is 0 Å². The Morgan fingerprint density at radius 2 is 0.780 bits per heavy atom. The van der Waals surface area contributed by atoms with E-state index in [-0.39, 0.29) is 12.8 Å². The lowest BCUT2D eigenvalue weighted by atomic mass is 10.0. The molecule has 0 aromatic heterocycles. The number of esters is 2. The SMILES string of the molecule is CC/C=C\C/C=C\C/C=C\C/C=C\CCCCCCCCCCCCC(=O)OC(CO)COP(=O)(O)OCC(CO)OC(=O)CC/C=C\C/C=C\C/C=C\C/C=C\CC. The lowest BCUT2D eigenvalue weighted by molar-refractivity contribution is -0.153. The molecule has 336 valence electrons. The summed E-state index contributed by atoms with van der Waals surface area (Å²) in [6, 6.07) is 0. The number of allylic oxidation sites excluding steroid dienone is 16. The summed E-state index contributed by atoms with van der Waals surface area (Å²) >= 11 is 0. The average Bonchev–Trinajstić information content (AvgIpc) is 3.22. The van der Waals surface area contributed by atoms with Gasteiger partial charge in [0.2, 0.25) is 0 Å². The fourth-order valence-electron chi connectivity index (χ4n) is 5.47. The number of phosphoric acid groups is 1. The molecule has 0 saturated carbocycles. The third kappa shape index (κ3) is 41.4. The highest BCUT2D eigenvalue weighted by atomic mass is 31.2. The van der Waals surface area contributed by atoms with Crippen LogP contribution in [0.1, 0.15) is 155 Å². The van der Waals surface area contributed by atoms with Gasteiger partial charge >= 0.3 is 19.8 Å². The molecule has 0 aliphatic rings. The van der Waals surface area contributed by atoms with Crippen LogP contribution in [0.25, 0.3) is 0 Å². The van der Waals surface area contributed by atoms with Crippen LogP contribution in [0.3, 0.4) is 0 Å². The number of carbonyl (C=O) groups is 2. The van der Waals surface area contributed by atoms with Gasteiger partial charge in [0.15, 0.2) is 0 Å². The highest BCUT2D eigenvalue weighted by Gasteiger charge is 2.27. The van der Waals surface area contributed by atoms with E-state index >= 15 is 0 Å². The summed E-state index contributed by atoms with van der Waals surface area (Å²) < 4.78 is 32.5. The van der Waals surface area contributed by atoms with Crippen molar-refractivity contribution in [3.05, 3.63) is 97.2 Å². The van der Waals surface area contributed by atoms with E-state index in [0.29, 0.717) is 12.8 Å². The van der Waals surface area contributed by atoms with E-state index in [1.165, 1.54) is 38.5 Å². The molecule has 0 aromatic rings. The molecule has 3 N–H and O–H groups in total. The molecule has 0 rings (SSSR count). The number of aliphatic hydroxyl groups excluding tert-OH is 2. The van der Waals surface area contributed by atoms with Gasteiger partial charge in [0, 0.05) is 12.8 Å². The number of unbranched alkanes of at least 4 members (excludes halogenated alkanes) is 10. The van der Waals surface area contributed by atoms with Gasteiger partial charge < -0.3 is 24.6 Å². The molecule has 0 radical (unpaired) electrons. The summed E-state index contributed by atoms with van der Waals surface area (Å²) in [5.74, 6) is -1.12. The predicted molar refractivity (Wildman–Crippen MR) is 242 cm³/mol. The van der Waals surface area contributed by atoms with E-state index in [1.54, 1.807) is 0 Å².